The van der Waals surface area contributed by atoms with Crippen LogP contribution in [0.15, 0.2) is 12.1 Å². The van der Waals surface area contributed by atoms with Crippen LogP contribution in [-0.4, -0.2) is 35.4 Å². The fraction of sp³-hybridized carbons (Fsp3) is 0.571. The highest BCUT2D eigenvalue weighted by atomic mass is 16.5. The first kappa shape index (κ1) is 12.4. The molecule has 5 nitrogen and oxygen atoms in total. The van der Waals surface area contributed by atoms with Crippen molar-refractivity contribution >= 4 is 5.97 Å². The molecule has 2 fully saturated rings. The van der Waals surface area contributed by atoms with Crippen LogP contribution in [0.4, 0.5) is 0 Å². The van der Waals surface area contributed by atoms with Crippen LogP contribution in [0.3, 0.4) is 0 Å². The summed E-state index contributed by atoms with van der Waals surface area (Å²) in [6.07, 6.45) is 4.43. The first-order chi connectivity index (χ1) is 9.24. The number of carbonyl (C=O) groups is 1. The monoisotopic (exact) mass is 263 g/mol. The van der Waals surface area contributed by atoms with Gasteiger partial charge in [0.15, 0.2) is 5.69 Å². The minimum absolute atomic E-state index is 0.0340. The summed E-state index contributed by atoms with van der Waals surface area (Å²) in [6, 6.07) is 3.38. The SMILES string of the molecule is O=C(O)c1ccc(C2CC2)c(OCC2CCCO2)n1. The molecule has 102 valence electrons. The molecule has 1 N–H and O–H groups in total. The Morgan fingerprint density at radius 2 is 2.26 bits per heavy atom. The van der Waals surface area contributed by atoms with Gasteiger partial charge in [0.1, 0.15) is 6.61 Å². The number of carboxylic acid groups (broad SMARTS) is 1. The van der Waals surface area contributed by atoms with E-state index in [0.29, 0.717) is 18.4 Å². The fourth-order valence-electron chi connectivity index (χ4n) is 2.34. The summed E-state index contributed by atoms with van der Waals surface area (Å²) in [5, 5.41) is 8.99. The summed E-state index contributed by atoms with van der Waals surface area (Å²) in [5.74, 6) is -0.0722. The molecule has 1 saturated carbocycles. The molecule has 1 saturated heterocycles. The zero-order valence-electron chi connectivity index (χ0n) is 10.7. The van der Waals surface area contributed by atoms with Crippen LogP contribution in [-0.2, 0) is 4.74 Å². The Morgan fingerprint density at radius 1 is 1.42 bits per heavy atom. The lowest BCUT2D eigenvalue weighted by Gasteiger charge is -2.14. The molecule has 2 aliphatic rings. The zero-order chi connectivity index (χ0) is 13.2. The van der Waals surface area contributed by atoms with Crippen LogP contribution in [0, 0.1) is 0 Å². The lowest BCUT2D eigenvalue weighted by molar-refractivity contribution is 0.0646. The van der Waals surface area contributed by atoms with E-state index in [2.05, 4.69) is 4.98 Å². The third kappa shape index (κ3) is 2.87. The van der Waals surface area contributed by atoms with Crippen molar-refractivity contribution in [2.45, 2.75) is 37.7 Å². The topological polar surface area (TPSA) is 68.7 Å². The molecule has 0 amide bonds. The van der Waals surface area contributed by atoms with Crippen LogP contribution in [0.2, 0.25) is 0 Å². The predicted octanol–water partition coefficient (Wildman–Crippen LogP) is 2.21. The van der Waals surface area contributed by atoms with Gasteiger partial charge >= 0.3 is 5.97 Å². The highest BCUT2D eigenvalue weighted by Gasteiger charge is 2.29. The molecule has 0 spiro atoms. The maximum Gasteiger partial charge on any atom is 0.354 e. The van der Waals surface area contributed by atoms with E-state index in [1.807, 2.05) is 6.07 Å². The van der Waals surface area contributed by atoms with Gasteiger partial charge in [-0.2, -0.15) is 0 Å². The number of hydrogen-bond donors (Lipinski definition) is 1. The van der Waals surface area contributed by atoms with Crippen LogP contribution in [0.1, 0.15) is 47.7 Å². The van der Waals surface area contributed by atoms with Crippen LogP contribution < -0.4 is 4.74 Å². The quantitative estimate of drug-likeness (QED) is 0.882. The van der Waals surface area contributed by atoms with Crippen LogP contribution in [0.25, 0.3) is 0 Å². The van der Waals surface area contributed by atoms with E-state index in [0.717, 1.165) is 37.9 Å². The van der Waals surface area contributed by atoms with Crippen molar-refractivity contribution in [2.75, 3.05) is 13.2 Å². The second kappa shape index (κ2) is 5.17. The largest absolute Gasteiger partial charge is 0.477 e. The van der Waals surface area contributed by atoms with Gasteiger partial charge in [0, 0.05) is 12.2 Å². The van der Waals surface area contributed by atoms with Crippen molar-refractivity contribution in [1.29, 1.82) is 0 Å². The third-order valence-electron chi connectivity index (χ3n) is 3.56. The molecular formula is C14H17NO4. The van der Waals surface area contributed by atoms with Gasteiger partial charge in [-0.1, -0.05) is 6.07 Å². The predicted molar refractivity (Wildman–Crippen MR) is 67.6 cm³/mol. The second-order valence-corrected chi connectivity index (χ2v) is 5.12. The van der Waals surface area contributed by atoms with Gasteiger partial charge in [0.05, 0.1) is 6.10 Å². The smallest absolute Gasteiger partial charge is 0.354 e. The standard InChI is InChI=1S/C14H17NO4/c16-14(17)12-6-5-11(9-3-4-9)13(15-12)19-8-10-2-1-7-18-10/h5-6,9-10H,1-4,7-8H2,(H,16,17). The molecular weight excluding hydrogens is 246 g/mol. The molecule has 3 rings (SSSR count). The average molecular weight is 263 g/mol. The molecule has 1 aromatic heterocycles. The lowest BCUT2D eigenvalue weighted by Crippen LogP contribution is -2.18. The molecule has 0 radical (unpaired) electrons. The number of pyridine rings is 1. The summed E-state index contributed by atoms with van der Waals surface area (Å²) in [7, 11) is 0. The Kier molecular flexibility index (Phi) is 3.38. The summed E-state index contributed by atoms with van der Waals surface area (Å²) >= 11 is 0. The maximum atomic E-state index is 11.0. The van der Waals surface area contributed by atoms with Gasteiger partial charge in [-0.25, -0.2) is 9.78 Å². The number of aromatic nitrogens is 1. The summed E-state index contributed by atoms with van der Waals surface area (Å²) < 4.78 is 11.2. The third-order valence-corrected chi connectivity index (χ3v) is 3.56. The van der Waals surface area contributed by atoms with E-state index < -0.39 is 5.97 Å². The van der Waals surface area contributed by atoms with E-state index in [9.17, 15) is 4.79 Å². The number of hydrogen-bond acceptors (Lipinski definition) is 4. The molecule has 0 aromatic carbocycles. The molecule has 19 heavy (non-hydrogen) atoms. The number of nitrogens with zero attached hydrogens (tertiary/aromatic N) is 1. The van der Waals surface area contributed by atoms with Gasteiger partial charge in [0.25, 0.3) is 0 Å². The van der Waals surface area contributed by atoms with E-state index in [1.54, 1.807) is 6.07 Å². The van der Waals surface area contributed by atoms with Gasteiger partial charge in [0.2, 0.25) is 5.88 Å². The number of carboxylic acids is 1. The van der Waals surface area contributed by atoms with Gasteiger partial charge in [-0.15, -0.1) is 0 Å². The Labute approximate surface area is 111 Å². The minimum atomic E-state index is -1.02. The Bertz CT molecular complexity index is 478. The van der Waals surface area contributed by atoms with Crippen molar-refractivity contribution in [3.8, 4) is 5.88 Å². The molecule has 1 atom stereocenters. The van der Waals surface area contributed by atoms with Crippen molar-refractivity contribution in [2.24, 2.45) is 0 Å². The van der Waals surface area contributed by atoms with Crippen LogP contribution in [0.5, 0.6) is 5.88 Å². The molecule has 1 aliphatic carbocycles. The van der Waals surface area contributed by atoms with E-state index in [-0.39, 0.29) is 11.8 Å². The van der Waals surface area contributed by atoms with Crippen molar-refractivity contribution < 1.29 is 19.4 Å². The summed E-state index contributed by atoms with van der Waals surface area (Å²) in [5.41, 5.74) is 1.06. The van der Waals surface area contributed by atoms with Crippen LogP contribution >= 0.6 is 0 Å². The van der Waals surface area contributed by atoms with Crippen molar-refractivity contribution in [3.05, 3.63) is 23.4 Å². The highest BCUT2D eigenvalue weighted by molar-refractivity contribution is 5.85. The maximum absolute atomic E-state index is 11.0. The fourth-order valence-corrected chi connectivity index (χ4v) is 2.34. The molecule has 2 heterocycles. The summed E-state index contributed by atoms with van der Waals surface area (Å²) in [4.78, 5) is 15.1. The normalized spacial score (nSPS) is 22.4. The highest BCUT2D eigenvalue weighted by Crippen LogP contribution is 2.43. The molecule has 0 bridgehead atoms. The Morgan fingerprint density at radius 3 is 2.89 bits per heavy atom. The van der Waals surface area contributed by atoms with Crippen molar-refractivity contribution in [1.82, 2.24) is 4.98 Å². The molecule has 1 aliphatic heterocycles. The Balaban J connectivity index is 1.75. The molecule has 1 unspecified atom stereocenters. The second-order valence-electron chi connectivity index (χ2n) is 5.12. The van der Waals surface area contributed by atoms with E-state index >= 15 is 0 Å². The first-order valence-corrected chi connectivity index (χ1v) is 6.72. The van der Waals surface area contributed by atoms with Crippen molar-refractivity contribution in [3.63, 3.8) is 0 Å². The molecule has 1 aromatic rings. The Hall–Kier alpha value is -1.62. The number of aromatic carboxylic acids is 1. The van der Waals surface area contributed by atoms with E-state index in [1.165, 1.54) is 0 Å². The molecule has 5 heteroatoms. The lowest BCUT2D eigenvalue weighted by atomic mass is 10.1. The number of rotatable bonds is 5. The number of ether oxygens (including phenoxy) is 2. The average Bonchev–Trinajstić information content (AvgIpc) is 3.12. The van der Waals surface area contributed by atoms with Gasteiger partial charge < -0.3 is 14.6 Å². The first-order valence-electron chi connectivity index (χ1n) is 6.72. The summed E-state index contributed by atoms with van der Waals surface area (Å²) in [6.45, 7) is 1.24. The van der Waals surface area contributed by atoms with Gasteiger partial charge in [-0.3, -0.25) is 0 Å². The van der Waals surface area contributed by atoms with Gasteiger partial charge in [-0.05, 0) is 37.7 Å². The minimum Gasteiger partial charge on any atom is -0.477 e. The zero-order valence-corrected chi connectivity index (χ0v) is 10.7. The van der Waals surface area contributed by atoms with E-state index in [4.69, 9.17) is 14.6 Å².